The van der Waals surface area contributed by atoms with E-state index in [0.29, 0.717) is 24.1 Å². The van der Waals surface area contributed by atoms with E-state index in [1.54, 1.807) is 51.5 Å². The predicted octanol–water partition coefficient (Wildman–Crippen LogP) is 2.85. The Morgan fingerprint density at radius 3 is 2.62 bits per heavy atom. The van der Waals surface area contributed by atoms with Gasteiger partial charge in [0.15, 0.2) is 0 Å². The van der Waals surface area contributed by atoms with Crippen molar-refractivity contribution in [3.05, 3.63) is 47.9 Å². The van der Waals surface area contributed by atoms with E-state index >= 15 is 0 Å². The fourth-order valence-electron chi connectivity index (χ4n) is 2.41. The molecule has 6 nitrogen and oxygen atoms in total. The summed E-state index contributed by atoms with van der Waals surface area (Å²) in [5, 5.41) is 2.72. The Morgan fingerprint density at radius 2 is 2.04 bits per heavy atom. The third-order valence-electron chi connectivity index (χ3n) is 3.55. The minimum Gasteiger partial charge on any atom is -0.472 e. The Hall–Kier alpha value is -2.12. The molecule has 1 amide bonds. The van der Waals surface area contributed by atoms with Crippen molar-refractivity contribution in [2.24, 2.45) is 0 Å². The van der Waals surface area contributed by atoms with Gasteiger partial charge in [-0.2, -0.15) is 0 Å². The minimum absolute atomic E-state index is 0.114. The molecule has 1 unspecified atom stereocenters. The number of carbonyl (C=O) groups excluding carboxylic acids is 1. The summed E-state index contributed by atoms with van der Waals surface area (Å²) in [5.74, 6) is -0.114. The zero-order valence-corrected chi connectivity index (χ0v) is 14.8. The summed E-state index contributed by atoms with van der Waals surface area (Å²) < 4.78 is 32.8. The van der Waals surface area contributed by atoms with Gasteiger partial charge >= 0.3 is 0 Å². The van der Waals surface area contributed by atoms with Crippen molar-refractivity contribution in [3.63, 3.8) is 0 Å². The van der Waals surface area contributed by atoms with Crippen molar-refractivity contribution in [2.75, 3.05) is 5.32 Å². The van der Waals surface area contributed by atoms with Crippen molar-refractivity contribution < 1.29 is 17.6 Å². The molecule has 0 saturated heterocycles. The van der Waals surface area contributed by atoms with Crippen molar-refractivity contribution >= 4 is 21.6 Å². The third kappa shape index (κ3) is 4.69. The number of hydrogen-bond donors (Lipinski definition) is 2. The van der Waals surface area contributed by atoms with Gasteiger partial charge in [0.05, 0.1) is 17.4 Å². The normalized spacial score (nSPS) is 12.8. The second-order valence-electron chi connectivity index (χ2n) is 5.74. The van der Waals surface area contributed by atoms with Gasteiger partial charge in [0.1, 0.15) is 0 Å². The molecule has 24 heavy (non-hydrogen) atoms. The Morgan fingerprint density at radius 1 is 1.29 bits per heavy atom. The van der Waals surface area contributed by atoms with Crippen LogP contribution in [-0.2, 0) is 21.2 Å². The Bertz CT molecular complexity index is 798. The van der Waals surface area contributed by atoms with Gasteiger partial charge in [-0.15, -0.1) is 0 Å². The first-order valence-electron chi connectivity index (χ1n) is 7.75. The van der Waals surface area contributed by atoms with Gasteiger partial charge in [0.2, 0.25) is 15.9 Å². The first kappa shape index (κ1) is 18.2. The number of hydrogen-bond acceptors (Lipinski definition) is 4. The molecular formula is C17H22N2O4S. The van der Waals surface area contributed by atoms with Crippen LogP contribution in [0.3, 0.4) is 0 Å². The lowest BCUT2D eigenvalue weighted by Gasteiger charge is -2.15. The van der Waals surface area contributed by atoms with E-state index < -0.39 is 10.0 Å². The van der Waals surface area contributed by atoms with E-state index in [9.17, 15) is 13.2 Å². The quantitative estimate of drug-likeness (QED) is 0.804. The highest BCUT2D eigenvalue weighted by Crippen LogP contribution is 2.20. The highest BCUT2D eigenvalue weighted by atomic mass is 32.2. The number of sulfonamides is 1. The Kier molecular flexibility index (Phi) is 5.80. The van der Waals surface area contributed by atoms with Crippen molar-refractivity contribution in [1.82, 2.24) is 4.72 Å². The number of furan rings is 1. The monoisotopic (exact) mass is 350 g/mol. The van der Waals surface area contributed by atoms with Crippen LogP contribution in [-0.4, -0.2) is 20.4 Å². The molecule has 7 heteroatoms. The van der Waals surface area contributed by atoms with Crippen molar-refractivity contribution in [3.8, 4) is 0 Å². The molecule has 1 heterocycles. The van der Waals surface area contributed by atoms with Gasteiger partial charge in [-0.05, 0) is 55.7 Å². The van der Waals surface area contributed by atoms with Crippen molar-refractivity contribution in [1.29, 1.82) is 0 Å². The van der Waals surface area contributed by atoms with E-state index in [1.807, 2.05) is 0 Å². The van der Waals surface area contributed by atoms with Crippen LogP contribution in [0.1, 0.15) is 31.4 Å². The second kappa shape index (κ2) is 7.63. The van der Waals surface area contributed by atoms with E-state index in [0.717, 1.165) is 5.56 Å². The largest absolute Gasteiger partial charge is 0.472 e. The molecule has 2 rings (SSSR count). The van der Waals surface area contributed by atoms with E-state index in [4.69, 9.17) is 4.42 Å². The SMILES string of the molecule is CCC(=O)Nc1ccc(S(=O)(=O)NC(C)Cc2ccoc2)c(C)c1. The molecule has 0 aliphatic heterocycles. The van der Waals surface area contributed by atoms with Crippen LogP contribution in [0.5, 0.6) is 0 Å². The third-order valence-corrected chi connectivity index (χ3v) is 5.30. The summed E-state index contributed by atoms with van der Waals surface area (Å²) in [5.41, 5.74) is 2.09. The minimum atomic E-state index is -3.64. The van der Waals surface area contributed by atoms with Gasteiger partial charge < -0.3 is 9.73 Å². The molecule has 2 aromatic rings. The van der Waals surface area contributed by atoms with E-state index in [-0.39, 0.29) is 16.8 Å². The van der Waals surface area contributed by atoms with E-state index in [2.05, 4.69) is 10.0 Å². The summed E-state index contributed by atoms with van der Waals surface area (Å²) in [7, 11) is -3.64. The molecule has 0 radical (unpaired) electrons. The number of benzene rings is 1. The summed E-state index contributed by atoms with van der Waals surface area (Å²) in [6.45, 7) is 5.26. The molecule has 0 saturated carbocycles. The molecule has 0 aliphatic carbocycles. The number of anilines is 1. The van der Waals surface area contributed by atoms with E-state index in [1.165, 1.54) is 6.07 Å². The molecule has 2 N–H and O–H groups in total. The van der Waals surface area contributed by atoms with Crippen molar-refractivity contribution in [2.45, 2.75) is 44.6 Å². The lowest BCUT2D eigenvalue weighted by molar-refractivity contribution is -0.115. The topological polar surface area (TPSA) is 88.4 Å². The molecule has 1 atom stereocenters. The summed E-state index contributed by atoms with van der Waals surface area (Å²) in [4.78, 5) is 11.6. The molecule has 1 aromatic heterocycles. The van der Waals surface area contributed by atoms with Gasteiger partial charge in [-0.25, -0.2) is 13.1 Å². The lowest BCUT2D eigenvalue weighted by Crippen LogP contribution is -2.34. The van der Waals surface area contributed by atoms with Crippen LogP contribution < -0.4 is 10.0 Å². The number of amides is 1. The predicted molar refractivity (Wildman–Crippen MR) is 92.3 cm³/mol. The zero-order chi connectivity index (χ0) is 17.7. The van der Waals surface area contributed by atoms with Gasteiger partial charge in [0, 0.05) is 18.2 Å². The van der Waals surface area contributed by atoms with Gasteiger partial charge in [0.25, 0.3) is 0 Å². The number of nitrogens with one attached hydrogen (secondary N) is 2. The van der Waals surface area contributed by atoms with Crippen LogP contribution in [0.2, 0.25) is 0 Å². The Balaban J connectivity index is 2.12. The standard InChI is InChI=1S/C17H22N2O4S/c1-4-17(20)18-15-5-6-16(12(2)9-15)24(21,22)19-13(3)10-14-7-8-23-11-14/h5-9,11,13,19H,4,10H2,1-3H3,(H,18,20). The fraction of sp³-hybridized carbons (Fsp3) is 0.353. The number of aryl methyl sites for hydroxylation is 1. The number of rotatable bonds is 7. The van der Waals surface area contributed by atoms with Gasteiger partial charge in [-0.1, -0.05) is 6.92 Å². The molecule has 0 spiro atoms. The van der Waals surface area contributed by atoms with Crippen LogP contribution in [0.25, 0.3) is 0 Å². The van der Waals surface area contributed by atoms with Crippen LogP contribution in [0, 0.1) is 6.92 Å². The smallest absolute Gasteiger partial charge is 0.241 e. The highest BCUT2D eigenvalue weighted by molar-refractivity contribution is 7.89. The zero-order valence-electron chi connectivity index (χ0n) is 14.0. The summed E-state index contributed by atoms with van der Waals surface area (Å²) in [6.07, 6.45) is 4.07. The first-order chi connectivity index (χ1) is 11.3. The Labute approximate surface area is 142 Å². The molecule has 0 bridgehead atoms. The average Bonchev–Trinajstić information content (AvgIpc) is 2.98. The number of carbonyl (C=O) groups is 1. The lowest BCUT2D eigenvalue weighted by atomic mass is 10.1. The fourth-order valence-corrected chi connectivity index (χ4v) is 3.88. The maximum atomic E-state index is 12.6. The summed E-state index contributed by atoms with van der Waals surface area (Å²) >= 11 is 0. The molecule has 130 valence electrons. The van der Waals surface area contributed by atoms with Crippen LogP contribution in [0.4, 0.5) is 5.69 Å². The summed E-state index contributed by atoms with van der Waals surface area (Å²) in [6, 6.07) is 6.29. The molecular weight excluding hydrogens is 328 g/mol. The molecule has 0 aliphatic rings. The molecule has 1 aromatic carbocycles. The van der Waals surface area contributed by atoms with Gasteiger partial charge in [-0.3, -0.25) is 4.79 Å². The van der Waals surface area contributed by atoms with Crippen LogP contribution >= 0.6 is 0 Å². The average molecular weight is 350 g/mol. The first-order valence-corrected chi connectivity index (χ1v) is 9.24. The highest BCUT2D eigenvalue weighted by Gasteiger charge is 2.20. The van der Waals surface area contributed by atoms with Crippen LogP contribution in [0.15, 0.2) is 46.1 Å². The maximum absolute atomic E-state index is 12.6. The molecule has 0 fully saturated rings. The maximum Gasteiger partial charge on any atom is 0.241 e. The second-order valence-corrected chi connectivity index (χ2v) is 7.42.